The Labute approximate surface area is 172 Å². The van der Waals surface area contributed by atoms with Crippen molar-refractivity contribution < 1.29 is 18.0 Å². The van der Waals surface area contributed by atoms with Gasteiger partial charge in [0.15, 0.2) is 9.84 Å². The minimum Gasteiger partial charge on any atom is -0.339 e. The first-order valence-electron chi connectivity index (χ1n) is 8.59. The molecule has 0 aromatic carbocycles. The van der Waals surface area contributed by atoms with Crippen molar-refractivity contribution in [2.75, 3.05) is 24.6 Å². The van der Waals surface area contributed by atoms with Gasteiger partial charge in [0.1, 0.15) is 4.32 Å². The number of nitrogens with zero attached hydrogens (tertiary/aromatic N) is 2. The van der Waals surface area contributed by atoms with Crippen LogP contribution in [0.15, 0.2) is 22.4 Å². The van der Waals surface area contributed by atoms with Crippen molar-refractivity contribution in [3.63, 3.8) is 0 Å². The number of thiophene rings is 1. The number of rotatable bonds is 6. The predicted octanol–water partition coefficient (Wildman–Crippen LogP) is 2.38. The second-order valence-corrected chi connectivity index (χ2v) is 11.2. The molecular formula is C17H20N2O4S4. The van der Waals surface area contributed by atoms with E-state index < -0.39 is 9.84 Å². The van der Waals surface area contributed by atoms with E-state index in [1.165, 1.54) is 28.0 Å². The van der Waals surface area contributed by atoms with Crippen LogP contribution in [0.4, 0.5) is 0 Å². The first-order valence-corrected chi connectivity index (χ1v) is 12.5. The van der Waals surface area contributed by atoms with Gasteiger partial charge in [-0.15, -0.1) is 11.3 Å². The van der Waals surface area contributed by atoms with E-state index >= 15 is 0 Å². The van der Waals surface area contributed by atoms with Crippen molar-refractivity contribution in [3.05, 3.63) is 27.3 Å². The summed E-state index contributed by atoms with van der Waals surface area (Å²) in [5, 5.41) is 1.94. The fraction of sp³-hybridized carbons (Fsp3) is 0.471. The molecule has 0 bridgehead atoms. The molecule has 3 rings (SSSR count). The number of thioether (sulfide) groups is 1. The molecule has 2 fully saturated rings. The van der Waals surface area contributed by atoms with Gasteiger partial charge >= 0.3 is 0 Å². The smallest absolute Gasteiger partial charge is 0.266 e. The molecule has 0 N–H and O–H groups in total. The van der Waals surface area contributed by atoms with E-state index in [4.69, 9.17) is 12.2 Å². The quantitative estimate of drug-likeness (QED) is 0.495. The van der Waals surface area contributed by atoms with Gasteiger partial charge in [-0.05, 0) is 30.9 Å². The molecule has 6 nitrogen and oxygen atoms in total. The molecule has 0 aliphatic carbocycles. The highest BCUT2D eigenvalue weighted by molar-refractivity contribution is 8.26. The van der Waals surface area contributed by atoms with Crippen molar-refractivity contribution in [1.82, 2.24) is 9.80 Å². The van der Waals surface area contributed by atoms with Crippen LogP contribution in [0.1, 0.15) is 24.6 Å². The summed E-state index contributed by atoms with van der Waals surface area (Å²) in [6, 6.07) is 3.57. The highest BCUT2D eigenvalue weighted by Gasteiger charge is 2.35. The summed E-state index contributed by atoms with van der Waals surface area (Å²) in [7, 11) is -3.05. The van der Waals surface area contributed by atoms with E-state index in [0.29, 0.717) is 22.2 Å². The Morgan fingerprint density at radius 1 is 1.48 bits per heavy atom. The number of sulfone groups is 1. The molecule has 10 heteroatoms. The number of carbonyl (C=O) groups is 2. The maximum atomic E-state index is 12.6. The third kappa shape index (κ3) is 4.79. The Bertz CT molecular complexity index is 877. The average molecular weight is 445 g/mol. The number of thiocarbonyl (C=S) groups is 1. The Kier molecular flexibility index (Phi) is 6.39. The highest BCUT2D eigenvalue weighted by atomic mass is 32.2. The second-order valence-electron chi connectivity index (χ2n) is 6.34. The summed E-state index contributed by atoms with van der Waals surface area (Å²) < 4.78 is 23.8. The fourth-order valence-electron chi connectivity index (χ4n) is 3.21. The topological polar surface area (TPSA) is 74.8 Å². The van der Waals surface area contributed by atoms with Crippen LogP contribution in [0.5, 0.6) is 0 Å². The summed E-state index contributed by atoms with van der Waals surface area (Å²) >= 11 is 8.08. The first kappa shape index (κ1) is 20.5. The van der Waals surface area contributed by atoms with Gasteiger partial charge in [-0.3, -0.25) is 14.5 Å². The number of amides is 2. The highest BCUT2D eigenvalue weighted by Crippen LogP contribution is 2.33. The van der Waals surface area contributed by atoms with E-state index in [-0.39, 0.29) is 42.3 Å². The van der Waals surface area contributed by atoms with Crippen LogP contribution in [-0.2, 0) is 19.4 Å². The maximum Gasteiger partial charge on any atom is 0.266 e. The minimum absolute atomic E-state index is 0.0250. The zero-order valence-electron chi connectivity index (χ0n) is 14.8. The SMILES string of the molecule is CCN(C(=O)CCN1C(=O)/C(=C/c2cccs2)SC1=S)[C@@H]1CCS(=O)(=O)C1. The van der Waals surface area contributed by atoms with Crippen LogP contribution in [0, 0.1) is 0 Å². The van der Waals surface area contributed by atoms with Crippen LogP contribution in [0.25, 0.3) is 6.08 Å². The van der Waals surface area contributed by atoms with Gasteiger partial charge in [-0.1, -0.05) is 30.0 Å². The normalized spacial score (nSPS) is 23.4. The number of hydrogen-bond donors (Lipinski definition) is 0. The van der Waals surface area contributed by atoms with Crippen LogP contribution in [-0.4, -0.2) is 65.0 Å². The zero-order chi connectivity index (χ0) is 19.6. The number of hydrogen-bond acceptors (Lipinski definition) is 7. The summed E-state index contributed by atoms with van der Waals surface area (Å²) in [4.78, 5) is 29.8. The lowest BCUT2D eigenvalue weighted by Gasteiger charge is -2.27. The Morgan fingerprint density at radius 3 is 2.85 bits per heavy atom. The van der Waals surface area contributed by atoms with E-state index in [1.807, 2.05) is 30.5 Å². The van der Waals surface area contributed by atoms with Gasteiger partial charge in [-0.2, -0.15) is 0 Å². The lowest BCUT2D eigenvalue weighted by atomic mass is 10.2. The lowest BCUT2D eigenvalue weighted by molar-refractivity contribution is -0.133. The van der Waals surface area contributed by atoms with Crippen molar-refractivity contribution >= 4 is 67.4 Å². The number of carbonyl (C=O) groups excluding carboxylic acids is 2. The van der Waals surface area contributed by atoms with Crippen molar-refractivity contribution in [1.29, 1.82) is 0 Å². The lowest BCUT2D eigenvalue weighted by Crippen LogP contribution is -2.42. The third-order valence-electron chi connectivity index (χ3n) is 4.55. The van der Waals surface area contributed by atoms with Crippen molar-refractivity contribution in [2.24, 2.45) is 0 Å². The molecule has 0 radical (unpaired) electrons. The molecule has 0 unspecified atom stereocenters. The van der Waals surface area contributed by atoms with E-state index in [2.05, 4.69) is 0 Å². The molecule has 1 atom stereocenters. The van der Waals surface area contributed by atoms with Crippen LogP contribution in [0.2, 0.25) is 0 Å². The van der Waals surface area contributed by atoms with Crippen molar-refractivity contribution in [2.45, 2.75) is 25.8 Å². The molecule has 146 valence electrons. The molecule has 3 heterocycles. The molecule has 2 aliphatic heterocycles. The molecule has 2 aliphatic rings. The molecule has 0 saturated carbocycles. The van der Waals surface area contributed by atoms with Gasteiger partial charge in [0.2, 0.25) is 5.91 Å². The van der Waals surface area contributed by atoms with E-state index in [9.17, 15) is 18.0 Å². The maximum absolute atomic E-state index is 12.6. The van der Waals surface area contributed by atoms with Gasteiger partial charge < -0.3 is 4.90 Å². The second kappa shape index (κ2) is 8.42. The summed E-state index contributed by atoms with van der Waals surface area (Å²) in [6.07, 6.45) is 2.42. The summed E-state index contributed by atoms with van der Waals surface area (Å²) in [5.41, 5.74) is 0. The van der Waals surface area contributed by atoms with Gasteiger partial charge in [0.25, 0.3) is 5.91 Å². The Morgan fingerprint density at radius 2 is 2.26 bits per heavy atom. The monoisotopic (exact) mass is 444 g/mol. The largest absolute Gasteiger partial charge is 0.339 e. The van der Waals surface area contributed by atoms with Gasteiger partial charge in [0, 0.05) is 30.4 Å². The van der Waals surface area contributed by atoms with Crippen molar-refractivity contribution in [3.8, 4) is 0 Å². The molecule has 2 saturated heterocycles. The predicted molar refractivity (Wildman–Crippen MR) is 113 cm³/mol. The Balaban J connectivity index is 1.61. The molecular weight excluding hydrogens is 424 g/mol. The van der Waals surface area contributed by atoms with E-state index in [1.54, 1.807) is 4.90 Å². The van der Waals surface area contributed by atoms with Crippen LogP contribution in [0.3, 0.4) is 0 Å². The minimum atomic E-state index is -3.05. The summed E-state index contributed by atoms with van der Waals surface area (Å²) in [6.45, 7) is 2.50. The standard InChI is InChI=1S/C17H20N2O4S4/c1-2-18(12-6-9-27(22,23)11-12)15(20)5-7-19-16(21)14(26-17(19)24)10-13-4-3-8-25-13/h3-4,8,10,12H,2,5-7,9,11H2,1H3/b14-10-/t12-/m1/s1. The summed E-state index contributed by atoms with van der Waals surface area (Å²) in [5.74, 6) is -0.172. The molecule has 27 heavy (non-hydrogen) atoms. The van der Waals surface area contributed by atoms with Crippen LogP contribution >= 0.6 is 35.3 Å². The van der Waals surface area contributed by atoms with E-state index in [0.717, 1.165) is 4.88 Å². The molecule has 1 aromatic rings. The fourth-order valence-corrected chi connectivity index (χ4v) is 6.97. The van der Waals surface area contributed by atoms with Crippen LogP contribution < -0.4 is 0 Å². The Hall–Kier alpha value is -1.23. The van der Waals surface area contributed by atoms with Gasteiger partial charge in [0.05, 0.1) is 16.4 Å². The molecule has 0 spiro atoms. The molecule has 1 aromatic heterocycles. The average Bonchev–Trinajstić information content (AvgIpc) is 3.29. The first-order chi connectivity index (χ1) is 12.8. The third-order valence-corrected chi connectivity index (χ3v) is 8.50. The zero-order valence-corrected chi connectivity index (χ0v) is 18.1. The molecule has 2 amide bonds. The van der Waals surface area contributed by atoms with Gasteiger partial charge in [-0.25, -0.2) is 8.42 Å².